The summed E-state index contributed by atoms with van der Waals surface area (Å²) in [5.41, 5.74) is 0.637. The van der Waals surface area contributed by atoms with E-state index in [4.69, 9.17) is 0 Å². The number of carbonyl (C=O) groups is 2. The minimum absolute atomic E-state index is 0.140. The first kappa shape index (κ1) is 22.0. The van der Waals surface area contributed by atoms with Crippen molar-refractivity contribution in [1.29, 1.82) is 0 Å². The lowest BCUT2D eigenvalue weighted by molar-refractivity contribution is -0.157. The number of nitrogens with one attached hydrogen (secondary N) is 2. The Balaban J connectivity index is 1.17. The fourth-order valence-corrected chi connectivity index (χ4v) is 5.25. The molecular formula is C22H28F2N6O3. The summed E-state index contributed by atoms with van der Waals surface area (Å²) in [4.78, 5) is 40.5. The molecule has 2 aliphatic carbocycles. The Morgan fingerprint density at radius 1 is 1.36 bits per heavy atom. The highest BCUT2D eigenvalue weighted by Crippen LogP contribution is 2.56. The third-order valence-corrected chi connectivity index (χ3v) is 7.49. The quantitative estimate of drug-likeness (QED) is 0.596. The van der Waals surface area contributed by atoms with Gasteiger partial charge in [0.2, 0.25) is 5.91 Å². The molecule has 1 saturated heterocycles. The molecule has 3 heterocycles. The Labute approximate surface area is 189 Å². The lowest BCUT2D eigenvalue weighted by Crippen LogP contribution is -2.55. The number of rotatable bonds is 6. The second-order valence-corrected chi connectivity index (χ2v) is 9.69. The number of H-pyrrole nitrogens is 1. The van der Waals surface area contributed by atoms with Gasteiger partial charge < -0.3 is 25.2 Å². The first-order valence-electron chi connectivity index (χ1n) is 11.3. The van der Waals surface area contributed by atoms with Crippen molar-refractivity contribution in [3.63, 3.8) is 0 Å². The van der Waals surface area contributed by atoms with Gasteiger partial charge in [0.15, 0.2) is 0 Å². The number of aliphatic hydroxyl groups is 1. The van der Waals surface area contributed by atoms with Crippen LogP contribution < -0.4 is 10.2 Å². The molecule has 0 bridgehead atoms. The van der Waals surface area contributed by atoms with Crippen LogP contribution in [0.5, 0.6) is 0 Å². The average Bonchev–Trinajstić information content (AvgIpc) is 3.35. The summed E-state index contributed by atoms with van der Waals surface area (Å²) in [5.74, 6) is -2.91. The number of aromatic nitrogens is 3. The highest BCUT2D eigenvalue weighted by atomic mass is 19.3. The molecule has 2 aromatic rings. The molecule has 2 aromatic heterocycles. The molecule has 2 atom stereocenters. The average molecular weight is 463 g/mol. The van der Waals surface area contributed by atoms with Gasteiger partial charge >= 0.3 is 0 Å². The minimum Gasteiger partial charge on any atom is -0.381 e. The zero-order chi connectivity index (χ0) is 23.4. The maximum Gasteiger partial charge on any atom is 0.253 e. The molecule has 3 fully saturated rings. The van der Waals surface area contributed by atoms with Gasteiger partial charge in [0.05, 0.1) is 11.9 Å². The summed E-state index contributed by atoms with van der Waals surface area (Å²) in [5, 5.41) is 13.9. The van der Waals surface area contributed by atoms with Crippen LogP contribution in [-0.2, 0) is 9.59 Å². The lowest BCUT2D eigenvalue weighted by Gasteiger charge is -2.41. The summed E-state index contributed by atoms with van der Waals surface area (Å²) in [6, 6.07) is 1.37. The third kappa shape index (κ3) is 4.03. The van der Waals surface area contributed by atoms with Crippen LogP contribution in [0.25, 0.3) is 11.0 Å². The van der Waals surface area contributed by atoms with Crippen molar-refractivity contribution in [3.8, 4) is 0 Å². The number of aromatic amines is 1. The van der Waals surface area contributed by atoms with Gasteiger partial charge in [-0.2, -0.15) is 0 Å². The van der Waals surface area contributed by atoms with Gasteiger partial charge in [-0.05, 0) is 30.7 Å². The maximum atomic E-state index is 13.1. The van der Waals surface area contributed by atoms with Gasteiger partial charge in [-0.25, -0.2) is 18.7 Å². The van der Waals surface area contributed by atoms with Crippen LogP contribution in [-0.4, -0.2) is 81.5 Å². The Morgan fingerprint density at radius 3 is 2.82 bits per heavy atom. The second-order valence-electron chi connectivity index (χ2n) is 9.69. The van der Waals surface area contributed by atoms with Crippen LogP contribution in [0, 0.1) is 11.3 Å². The molecule has 5 rings (SSSR count). The number of likely N-dealkylation sites (N-methyl/N-ethyl adjacent to an activating group) is 1. The van der Waals surface area contributed by atoms with Gasteiger partial charge in [0.25, 0.3) is 11.8 Å². The van der Waals surface area contributed by atoms with E-state index in [1.54, 1.807) is 0 Å². The predicted octanol–water partition coefficient (Wildman–Crippen LogP) is 1.30. The minimum atomic E-state index is -2.75. The van der Waals surface area contributed by atoms with E-state index < -0.39 is 36.8 Å². The van der Waals surface area contributed by atoms with E-state index in [-0.39, 0.29) is 23.8 Å². The number of anilines is 1. The molecule has 3 aliphatic rings. The van der Waals surface area contributed by atoms with E-state index in [2.05, 4.69) is 25.2 Å². The molecular weight excluding hydrogens is 434 g/mol. The lowest BCUT2D eigenvalue weighted by atomic mass is 9.81. The SMILES string of the molecule is CN(C(=O)[C@H](O)CNC(=O)[C@H]1CCN(c2ncnc3[nH]ccc23)CC12CC2)C1CC(F)(F)C1. The number of aliphatic hydroxyl groups excluding tert-OH is 1. The van der Waals surface area contributed by atoms with Gasteiger partial charge in [0, 0.05) is 51.1 Å². The van der Waals surface area contributed by atoms with Crippen LogP contribution in [0.15, 0.2) is 18.6 Å². The van der Waals surface area contributed by atoms with Crippen LogP contribution in [0.4, 0.5) is 14.6 Å². The van der Waals surface area contributed by atoms with E-state index in [1.165, 1.54) is 18.3 Å². The number of halogens is 2. The van der Waals surface area contributed by atoms with Crippen molar-refractivity contribution in [3.05, 3.63) is 18.6 Å². The van der Waals surface area contributed by atoms with Crippen LogP contribution >= 0.6 is 0 Å². The largest absolute Gasteiger partial charge is 0.381 e. The molecule has 3 N–H and O–H groups in total. The number of carbonyl (C=O) groups excluding carboxylic acids is 2. The normalized spacial score (nSPS) is 24.4. The monoisotopic (exact) mass is 462 g/mol. The summed E-state index contributed by atoms with van der Waals surface area (Å²) in [6.45, 7) is 1.15. The fraction of sp³-hybridized carbons (Fsp3) is 0.636. The molecule has 11 heteroatoms. The van der Waals surface area contributed by atoms with E-state index in [0.717, 1.165) is 29.7 Å². The Morgan fingerprint density at radius 2 is 2.12 bits per heavy atom. The third-order valence-electron chi connectivity index (χ3n) is 7.49. The summed E-state index contributed by atoms with van der Waals surface area (Å²) in [6.07, 6.45) is 3.64. The van der Waals surface area contributed by atoms with Crippen molar-refractivity contribution in [2.24, 2.45) is 11.3 Å². The standard InChI is InChI=1S/C22H28F2N6O3/c1-29(13-8-22(23,24)9-13)20(33)16(31)10-26-19(32)15-3-7-30(11-21(15)4-5-21)18-14-2-6-25-17(14)27-12-28-18/h2,6,12-13,15-16,31H,3-5,7-11H2,1H3,(H,26,32)(H,25,27,28)/t15-,16-/m1/s1. The highest BCUT2D eigenvalue weighted by Gasteiger charge is 2.55. The van der Waals surface area contributed by atoms with Gasteiger partial charge in [0.1, 0.15) is 23.9 Å². The van der Waals surface area contributed by atoms with Crippen LogP contribution in [0.3, 0.4) is 0 Å². The Hall–Kier alpha value is -2.82. The first-order valence-corrected chi connectivity index (χ1v) is 11.3. The number of piperidine rings is 1. The second kappa shape index (κ2) is 7.89. The molecule has 0 aromatic carbocycles. The number of hydrogen-bond acceptors (Lipinski definition) is 6. The van der Waals surface area contributed by atoms with E-state index in [0.29, 0.717) is 19.5 Å². The predicted molar refractivity (Wildman–Crippen MR) is 116 cm³/mol. The van der Waals surface area contributed by atoms with Gasteiger partial charge in [-0.3, -0.25) is 9.59 Å². The fourth-order valence-electron chi connectivity index (χ4n) is 5.25. The number of hydrogen-bond donors (Lipinski definition) is 3. The van der Waals surface area contributed by atoms with Crippen molar-refractivity contribution in [1.82, 2.24) is 25.2 Å². The molecule has 2 saturated carbocycles. The number of amides is 2. The summed E-state index contributed by atoms with van der Waals surface area (Å²) in [7, 11) is 1.41. The summed E-state index contributed by atoms with van der Waals surface area (Å²) < 4.78 is 26.2. The maximum absolute atomic E-state index is 13.1. The molecule has 178 valence electrons. The van der Waals surface area contributed by atoms with Crippen LogP contribution in [0.1, 0.15) is 32.1 Å². The van der Waals surface area contributed by atoms with Gasteiger partial charge in [-0.15, -0.1) is 0 Å². The van der Waals surface area contributed by atoms with Crippen LogP contribution in [0.2, 0.25) is 0 Å². The van der Waals surface area contributed by atoms with Crippen molar-refractivity contribution >= 4 is 28.7 Å². The Bertz CT molecular complexity index is 1060. The topological polar surface area (TPSA) is 114 Å². The molecule has 33 heavy (non-hydrogen) atoms. The Kier molecular flexibility index (Phi) is 5.26. The molecule has 0 radical (unpaired) electrons. The first-order chi connectivity index (χ1) is 15.7. The van der Waals surface area contributed by atoms with Crippen molar-refractivity contribution < 1.29 is 23.5 Å². The molecule has 2 amide bonds. The number of alkyl halides is 2. The zero-order valence-corrected chi connectivity index (χ0v) is 18.4. The van der Waals surface area contributed by atoms with Gasteiger partial charge in [-0.1, -0.05) is 0 Å². The molecule has 1 aliphatic heterocycles. The highest BCUT2D eigenvalue weighted by molar-refractivity contribution is 5.88. The van der Waals surface area contributed by atoms with Crippen molar-refractivity contribution in [2.75, 3.05) is 31.6 Å². The molecule has 0 unspecified atom stereocenters. The smallest absolute Gasteiger partial charge is 0.253 e. The van der Waals surface area contributed by atoms with E-state index in [9.17, 15) is 23.5 Å². The molecule has 1 spiro atoms. The molecule has 9 nitrogen and oxygen atoms in total. The van der Waals surface area contributed by atoms with E-state index in [1.807, 2.05) is 12.3 Å². The summed E-state index contributed by atoms with van der Waals surface area (Å²) >= 11 is 0. The van der Waals surface area contributed by atoms with E-state index >= 15 is 0 Å². The number of nitrogens with zero attached hydrogens (tertiary/aromatic N) is 4. The zero-order valence-electron chi connectivity index (χ0n) is 18.4. The number of fused-ring (bicyclic) bond motifs is 1. The van der Waals surface area contributed by atoms with Crippen molar-refractivity contribution in [2.45, 2.75) is 50.2 Å².